The normalized spacial score (nSPS) is 14.4. The van der Waals surface area contributed by atoms with Gasteiger partial charge in [0.15, 0.2) is 0 Å². The van der Waals surface area contributed by atoms with Gasteiger partial charge < -0.3 is 5.73 Å². The molecule has 2 nitrogen and oxygen atoms in total. The van der Waals surface area contributed by atoms with E-state index in [9.17, 15) is 4.39 Å². The highest BCUT2D eigenvalue weighted by Crippen LogP contribution is 2.29. The van der Waals surface area contributed by atoms with Crippen LogP contribution in [-0.2, 0) is 12.0 Å². The topological polar surface area (TPSA) is 38.9 Å². The molecule has 2 N–H and O–H groups in total. The fourth-order valence-electron chi connectivity index (χ4n) is 2.03. The van der Waals surface area contributed by atoms with Crippen LogP contribution < -0.4 is 5.73 Å². The first-order valence-corrected chi connectivity index (χ1v) is 6.88. The monoisotopic (exact) mass is 264 g/mol. The van der Waals surface area contributed by atoms with Crippen LogP contribution in [0.2, 0.25) is 0 Å². The van der Waals surface area contributed by atoms with Crippen molar-refractivity contribution >= 4 is 11.3 Å². The van der Waals surface area contributed by atoms with Gasteiger partial charge in [0.25, 0.3) is 0 Å². The van der Waals surface area contributed by atoms with Crippen LogP contribution in [0.4, 0.5) is 4.39 Å². The Balaban J connectivity index is 2.33. The van der Waals surface area contributed by atoms with Gasteiger partial charge in [-0.05, 0) is 19.4 Å². The molecule has 96 valence electrons. The highest BCUT2D eigenvalue weighted by Gasteiger charge is 2.29. The SMILES string of the molecule is CCC(N)(Cc1nc(C)cs1)c1ccccc1F. The van der Waals surface area contributed by atoms with Gasteiger partial charge in [-0.1, -0.05) is 25.1 Å². The maximum atomic E-state index is 13.9. The van der Waals surface area contributed by atoms with Gasteiger partial charge in [0.2, 0.25) is 0 Å². The van der Waals surface area contributed by atoms with Crippen LogP contribution in [0.3, 0.4) is 0 Å². The van der Waals surface area contributed by atoms with Crippen molar-refractivity contribution in [2.75, 3.05) is 0 Å². The second kappa shape index (κ2) is 5.16. The Labute approximate surface area is 111 Å². The Hall–Kier alpha value is -1.26. The quantitative estimate of drug-likeness (QED) is 0.919. The Kier molecular flexibility index (Phi) is 3.78. The summed E-state index contributed by atoms with van der Waals surface area (Å²) in [4.78, 5) is 4.41. The number of aromatic nitrogens is 1. The number of rotatable bonds is 4. The van der Waals surface area contributed by atoms with Crippen LogP contribution in [0.15, 0.2) is 29.6 Å². The van der Waals surface area contributed by atoms with E-state index in [2.05, 4.69) is 4.98 Å². The van der Waals surface area contributed by atoms with Crippen LogP contribution in [0, 0.1) is 12.7 Å². The summed E-state index contributed by atoms with van der Waals surface area (Å²) < 4.78 is 13.9. The summed E-state index contributed by atoms with van der Waals surface area (Å²) in [6.07, 6.45) is 1.25. The smallest absolute Gasteiger partial charge is 0.128 e. The summed E-state index contributed by atoms with van der Waals surface area (Å²) in [5.74, 6) is -0.241. The number of thiazole rings is 1. The molecular weight excluding hydrogens is 247 g/mol. The summed E-state index contributed by atoms with van der Waals surface area (Å²) >= 11 is 1.58. The van der Waals surface area contributed by atoms with Gasteiger partial charge in [-0.15, -0.1) is 11.3 Å². The van der Waals surface area contributed by atoms with E-state index in [0.717, 1.165) is 10.7 Å². The van der Waals surface area contributed by atoms with Gasteiger partial charge in [-0.3, -0.25) is 0 Å². The molecule has 18 heavy (non-hydrogen) atoms. The number of nitrogens with zero attached hydrogens (tertiary/aromatic N) is 1. The van der Waals surface area contributed by atoms with Crippen LogP contribution in [0.25, 0.3) is 0 Å². The third-order valence-corrected chi connectivity index (χ3v) is 4.14. The molecular formula is C14H17FN2S. The molecule has 2 rings (SSSR count). The van der Waals surface area contributed by atoms with Crippen LogP contribution in [-0.4, -0.2) is 4.98 Å². The fourth-order valence-corrected chi connectivity index (χ4v) is 2.93. The summed E-state index contributed by atoms with van der Waals surface area (Å²) in [6, 6.07) is 6.73. The molecule has 1 aromatic heterocycles. The molecule has 1 heterocycles. The van der Waals surface area contributed by atoms with Crippen molar-refractivity contribution in [2.24, 2.45) is 5.73 Å². The average molecular weight is 264 g/mol. The average Bonchev–Trinajstić information content (AvgIpc) is 2.75. The summed E-state index contributed by atoms with van der Waals surface area (Å²) in [7, 11) is 0. The molecule has 1 unspecified atom stereocenters. The fraction of sp³-hybridized carbons (Fsp3) is 0.357. The van der Waals surface area contributed by atoms with Gasteiger partial charge in [-0.25, -0.2) is 9.37 Å². The van der Waals surface area contributed by atoms with E-state index >= 15 is 0 Å². The van der Waals surface area contributed by atoms with Crippen LogP contribution in [0.5, 0.6) is 0 Å². The number of nitrogens with two attached hydrogens (primary N) is 1. The van der Waals surface area contributed by atoms with Crippen LogP contribution in [0.1, 0.15) is 29.6 Å². The van der Waals surface area contributed by atoms with Crippen molar-refractivity contribution in [1.29, 1.82) is 0 Å². The first-order chi connectivity index (χ1) is 8.55. The second-order valence-electron chi connectivity index (χ2n) is 4.55. The van der Waals surface area contributed by atoms with E-state index in [1.54, 1.807) is 23.5 Å². The highest BCUT2D eigenvalue weighted by atomic mass is 32.1. The molecule has 0 aliphatic carbocycles. The zero-order valence-corrected chi connectivity index (χ0v) is 11.4. The maximum absolute atomic E-state index is 13.9. The van der Waals surface area contributed by atoms with E-state index in [1.165, 1.54) is 6.07 Å². The van der Waals surface area contributed by atoms with E-state index in [-0.39, 0.29) is 5.82 Å². The molecule has 1 aromatic carbocycles. The first-order valence-electron chi connectivity index (χ1n) is 6.00. The maximum Gasteiger partial charge on any atom is 0.128 e. The lowest BCUT2D eigenvalue weighted by atomic mass is 9.85. The largest absolute Gasteiger partial charge is 0.321 e. The Morgan fingerprint density at radius 3 is 2.67 bits per heavy atom. The molecule has 4 heteroatoms. The van der Waals surface area contributed by atoms with Crippen molar-refractivity contribution < 1.29 is 4.39 Å². The molecule has 0 aliphatic heterocycles. The van der Waals surface area contributed by atoms with Crippen molar-refractivity contribution in [1.82, 2.24) is 4.98 Å². The zero-order valence-electron chi connectivity index (χ0n) is 10.6. The molecule has 0 fully saturated rings. The minimum absolute atomic E-state index is 0.241. The molecule has 0 saturated carbocycles. The Morgan fingerprint density at radius 2 is 2.11 bits per heavy atom. The Bertz CT molecular complexity index is 538. The number of aryl methyl sites for hydroxylation is 1. The number of hydrogen-bond acceptors (Lipinski definition) is 3. The predicted octanol–water partition coefficient (Wildman–Crippen LogP) is 3.40. The molecule has 0 radical (unpaired) electrons. The van der Waals surface area contributed by atoms with Gasteiger partial charge in [-0.2, -0.15) is 0 Å². The Morgan fingerprint density at radius 1 is 1.39 bits per heavy atom. The van der Waals surface area contributed by atoms with Crippen molar-refractivity contribution in [3.8, 4) is 0 Å². The number of halogens is 1. The van der Waals surface area contributed by atoms with Gasteiger partial charge in [0.05, 0.1) is 5.01 Å². The molecule has 0 saturated heterocycles. The lowest BCUT2D eigenvalue weighted by molar-refractivity contribution is 0.402. The standard InChI is InChI=1S/C14H17FN2S/c1-3-14(16,8-13-17-10(2)9-18-13)11-6-4-5-7-12(11)15/h4-7,9H,3,8,16H2,1-2H3. The van der Waals surface area contributed by atoms with E-state index in [4.69, 9.17) is 5.73 Å². The van der Waals surface area contributed by atoms with Gasteiger partial charge in [0.1, 0.15) is 5.82 Å². The lowest BCUT2D eigenvalue weighted by Gasteiger charge is -2.28. The molecule has 2 aromatic rings. The zero-order chi connectivity index (χ0) is 13.2. The first kappa shape index (κ1) is 13.2. The van der Waals surface area contributed by atoms with E-state index in [0.29, 0.717) is 18.4 Å². The number of benzene rings is 1. The van der Waals surface area contributed by atoms with Gasteiger partial charge >= 0.3 is 0 Å². The molecule has 0 spiro atoms. The van der Waals surface area contributed by atoms with Crippen molar-refractivity contribution in [3.05, 3.63) is 51.7 Å². The summed E-state index contributed by atoms with van der Waals surface area (Å²) in [5.41, 5.74) is 7.26. The minimum atomic E-state index is -0.685. The molecule has 0 amide bonds. The van der Waals surface area contributed by atoms with Gasteiger partial charge in [0, 0.05) is 28.6 Å². The third kappa shape index (κ3) is 2.60. The number of hydrogen-bond donors (Lipinski definition) is 1. The summed E-state index contributed by atoms with van der Waals surface area (Å²) in [6.45, 7) is 3.93. The highest BCUT2D eigenvalue weighted by molar-refractivity contribution is 7.09. The second-order valence-corrected chi connectivity index (χ2v) is 5.49. The molecule has 1 atom stereocenters. The van der Waals surface area contributed by atoms with E-state index in [1.807, 2.05) is 25.3 Å². The minimum Gasteiger partial charge on any atom is -0.321 e. The van der Waals surface area contributed by atoms with Crippen molar-refractivity contribution in [2.45, 2.75) is 32.2 Å². The third-order valence-electron chi connectivity index (χ3n) is 3.17. The molecule has 0 bridgehead atoms. The molecule has 0 aliphatic rings. The summed E-state index contributed by atoms with van der Waals surface area (Å²) in [5, 5.41) is 2.95. The predicted molar refractivity (Wildman–Crippen MR) is 73.1 cm³/mol. The van der Waals surface area contributed by atoms with Crippen molar-refractivity contribution in [3.63, 3.8) is 0 Å². The lowest BCUT2D eigenvalue weighted by Crippen LogP contribution is -2.39. The van der Waals surface area contributed by atoms with Crippen LogP contribution >= 0.6 is 11.3 Å². The van der Waals surface area contributed by atoms with E-state index < -0.39 is 5.54 Å².